The van der Waals surface area contributed by atoms with Gasteiger partial charge in [0.25, 0.3) is 11.5 Å². The zero-order valence-corrected chi connectivity index (χ0v) is 21.8. The number of nitrogens with zero attached hydrogens (tertiary/aromatic N) is 4. The lowest BCUT2D eigenvalue weighted by molar-refractivity contribution is -0.870. The molecule has 15 heteroatoms. The summed E-state index contributed by atoms with van der Waals surface area (Å²) in [7, 11) is 6.16. The number of likely N-dealkylation sites (N-methyl/N-ethyl adjacent to an activating group) is 1. The molecule has 0 aliphatic rings. The van der Waals surface area contributed by atoms with Gasteiger partial charge >= 0.3 is 5.97 Å². The van der Waals surface area contributed by atoms with E-state index in [4.69, 9.17) is 15.9 Å². The summed E-state index contributed by atoms with van der Waals surface area (Å²) in [6.45, 7) is 1.34. The number of aliphatic hydroxyl groups excluding tert-OH is 1. The summed E-state index contributed by atoms with van der Waals surface area (Å²) in [5.41, 5.74) is 6.43. The molecule has 0 bridgehead atoms. The van der Waals surface area contributed by atoms with Crippen LogP contribution in [0.5, 0.6) is 0 Å². The second kappa shape index (κ2) is 13.8. The molecule has 1 unspecified atom stereocenters. The van der Waals surface area contributed by atoms with E-state index in [0.717, 1.165) is 11.0 Å². The number of hydrogen-bond donors (Lipinski definition) is 6. The molecule has 39 heavy (non-hydrogen) atoms. The molecule has 210 valence electrons. The fraction of sp³-hybridized carbons (Fsp3) is 0.375. The van der Waals surface area contributed by atoms with E-state index in [2.05, 4.69) is 51.7 Å². The SMILES string of the molecule is C[N+](C)(C)CCO.Nc1nc2ncc(CNc3ccc(C(=O)NC(CCC(=O)[O-])C(=O)O)cc3)nc2c(=O)[nH]1. The molecule has 0 fully saturated rings. The molecule has 2 aromatic heterocycles. The predicted octanol–water partition coefficient (Wildman–Crippen LogP) is -1.69. The first-order chi connectivity index (χ1) is 18.3. The van der Waals surface area contributed by atoms with E-state index < -0.39 is 35.9 Å². The Balaban J connectivity index is 0.000000673. The maximum atomic E-state index is 12.3. The normalized spacial score (nSPS) is 11.7. The second-order valence-corrected chi connectivity index (χ2v) is 9.43. The summed E-state index contributed by atoms with van der Waals surface area (Å²) in [6.07, 6.45) is 0.662. The number of amides is 1. The summed E-state index contributed by atoms with van der Waals surface area (Å²) in [4.78, 5) is 60.4. The minimum atomic E-state index is -1.40. The Hall–Kier alpha value is -4.63. The van der Waals surface area contributed by atoms with Gasteiger partial charge in [-0.1, -0.05) is 0 Å². The van der Waals surface area contributed by atoms with E-state index >= 15 is 0 Å². The van der Waals surface area contributed by atoms with Crippen molar-refractivity contribution < 1.29 is 34.2 Å². The number of hydrogen-bond acceptors (Lipinski definition) is 11. The van der Waals surface area contributed by atoms with Crippen molar-refractivity contribution in [2.45, 2.75) is 25.4 Å². The Kier molecular flexibility index (Phi) is 10.8. The van der Waals surface area contributed by atoms with Crippen LogP contribution in [0.15, 0.2) is 35.3 Å². The van der Waals surface area contributed by atoms with E-state index in [9.17, 15) is 24.3 Å². The average molecular weight is 545 g/mol. The summed E-state index contributed by atoms with van der Waals surface area (Å²) >= 11 is 0. The van der Waals surface area contributed by atoms with E-state index in [1.54, 1.807) is 12.1 Å². The molecule has 7 N–H and O–H groups in total. The minimum absolute atomic E-state index is 0.0529. The number of carbonyl (C=O) groups is 3. The number of aromatic amines is 1. The highest BCUT2D eigenvalue weighted by atomic mass is 16.4. The molecular weight excluding hydrogens is 512 g/mol. The van der Waals surface area contributed by atoms with Crippen molar-refractivity contribution in [3.63, 3.8) is 0 Å². The monoisotopic (exact) mass is 544 g/mol. The topological polar surface area (TPSA) is 236 Å². The Morgan fingerprint density at radius 2 is 1.82 bits per heavy atom. The molecule has 0 saturated carbocycles. The maximum Gasteiger partial charge on any atom is 0.326 e. The van der Waals surface area contributed by atoms with Crippen LogP contribution < -0.4 is 27.0 Å². The number of quaternary nitrogens is 1. The number of aliphatic hydroxyl groups is 1. The van der Waals surface area contributed by atoms with E-state index in [1.807, 2.05) is 0 Å². The molecule has 1 amide bonds. The summed E-state index contributed by atoms with van der Waals surface area (Å²) < 4.78 is 0.844. The maximum absolute atomic E-state index is 12.3. The molecule has 3 aromatic rings. The highest BCUT2D eigenvalue weighted by Gasteiger charge is 2.20. The minimum Gasteiger partial charge on any atom is -0.550 e. The van der Waals surface area contributed by atoms with Gasteiger partial charge in [0.15, 0.2) is 11.2 Å². The number of benzene rings is 1. The van der Waals surface area contributed by atoms with Gasteiger partial charge in [-0.15, -0.1) is 0 Å². The standard InChI is InChI=1S/C19H19N7O6.C5H14NO/c20-19-25-15-14(17(30)26-19)23-11(8-22-15)7-21-10-3-1-9(2-4-10)16(29)24-12(18(31)32)5-6-13(27)28;1-6(2,3)4-5-7/h1-4,8,12,21H,5-7H2,(H,24,29)(H,27,28)(H,31,32)(H3,20,22,25,26,30);7H,4-5H2,1-3H3/q;+1/p-1. The Labute approximate surface area is 223 Å². The third kappa shape index (κ3) is 10.3. The van der Waals surface area contributed by atoms with Crippen LogP contribution in [0.25, 0.3) is 11.2 Å². The number of carboxylic acid groups (broad SMARTS) is 2. The van der Waals surface area contributed by atoms with Gasteiger partial charge in [-0.25, -0.2) is 14.8 Å². The number of fused-ring (bicyclic) bond motifs is 1. The lowest BCUT2D eigenvalue weighted by Crippen LogP contribution is -2.41. The van der Waals surface area contributed by atoms with Crippen LogP contribution >= 0.6 is 0 Å². The summed E-state index contributed by atoms with van der Waals surface area (Å²) in [6, 6.07) is 4.78. The third-order valence-electron chi connectivity index (χ3n) is 5.12. The summed E-state index contributed by atoms with van der Waals surface area (Å²) in [5.74, 6) is -3.46. The van der Waals surface area contributed by atoms with Gasteiger partial charge in [-0.3, -0.25) is 14.6 Å². The molecule has 1 aromatic carbocycles. The summed E-state index contributed by atoms with van der Waals surface area (Å²) in [5, 5.41) is 33.4. The van der Waals surface area contributed by atoms with Gasteiger partial charge in [-0.2, -0.15) is 4.98 Å². The Bertz CT molecular complexity index is 1350. The van der Waals surface area contributed by atoms with Crippen LogP contribution in [0.1, 0.15) is 28.9 Å². The van der Waals surface area contributed by atoms with Crippen molar-refractivity contribution in [2.24, 2.45) is 0 Å². The van der Waals surface area contributed by atoms with Gasteiger partial charge in [-0.05, 0) is 37.1 Å². The first-order valence-electron chi connectivity index (χ1n) is 11.8. The number of carbonyl (C=O) groups excluding carboxylic acids is 2. The van der Waals surface area contributed by atoms with E-state index in [0.29, 0.717) is 11.4 Å². The molecule has 15 nitrogen and oxygen atoms in total. The van der Waals surface area contributed by atoms with Crippen molar-refractivity contribution in [2.75, 3.05) is 45.3 Å². The van der Waals surface area contributed by atoms with Crippen LogP contribution in [0.2, 0.25) is 0 Å². The lowest BCUT2D eigenvalue weighted by Gasteiger charge is -2.21. The number of nitrogen functional groups attached to an aromatic ring is 1. The molecule has 2 heterocycles. The average Bonchev–Trinajstić information content (AvgIpc) is 2.85. The molecule has 0 radical (unpaired) electrons. The fourth-order valence-corrected chi connectivity index (χ4v) is 3.05. The molecule has 0 spiro atoms. The smallest absolute Gasteiger partial charge is 0.326 e. The van der Waals surface area contributed by atoms with Gasteiger partial charge < -0.3 is 41.0 Å². The van der Waals surface area contributed by atoms with Crippen LogP contribution in [-0.2, 0) is 16.1 Å². The lowest BCUT2D eigenvalue weighted by atomic mass is 10.1. The molecule has 0 saturated heterocycles. The number of carboxylic acids is 2. The number of anilines is 2. The molecule has 0 aliphatic carbocycles. The number of H-pyrrole nitrogens is 1. The van der Waals surface area contributed by atoms with Gasteiger partial charge in [0, 0.05) is 17.2 Å². The van der Waals surface area contributed by atoms with E-state index in [1.165, 1.54) is 18.3 Å². The first kappa shape index (κ1) is 30.6. The number of aromatic nitrogens is 4. The highest BCUT2D eigenvalue weighted by Crippen LogP contribution is 2.12. The largest absolute Gasteiger partial charge is 0.550 e. The molecule has 0 aliphatic heterocycles. The van der Waals surface area contributed by atoms with Crippen LogP contribution in [0, 0.1) is 0 Å². The highest BCUT2D eigenvalue weighted by molar-refractivity contribution is 5.96. The fourth-order valence-electron chi connectivity index (χ4n) is 3.05. The number of rotatable bonds is 11. The van der Waals surface area contributed by atoms with Crippen molar-refractivity contribution in [3.8, 4) is 0 Å². The van der Waals surface area contributed by atoms with E-state index in [-0.39, 0.29) is 42.2 Å². The zero-order valence-electron chi connectivity index (χ0n) is 21.8. The van der Waals surface area contributed by atoms with Crippen LogP contribution in [0.3, 0.4) is 0 Å². The Morgan fingerprint density at radius 3 is 2.36 bits per heavy atom. The van der Waals surface area contributed by atoms with Crippen molar-refractivity contribution in [1.29, 1.82) is 0 Å². The first-order valence-corrected chi connectivity index (χ1v) is 11.8. The van der Waals surface area contributed by atoms with Gasteiger partial charge in [0.2, 0.25) is 5.95 Å². The third-order valence-corrected chi connectivity index (χ3v) is 5.12. The number of aliphatic carboxylic acids is 2. The Morgan fingerprint density at radius 1 is 1.15 bits per heavy atom. The van der Waals surface area contributed by atoms with Gasteiger partial charge in [0.1, 0.15) is 12.6 Å². The molecule has 3 rings (SSSR count). The van der Waals surface area contributed by atoms with Crippen molar-refractivity contribution in [3.05, 3.63) is 52.1 Å². The number of nitrogens with two attached hydrogens (primary N) is 1. The van der Waals surface area contributed by atoms with Crippen LogP contribution in [-0.4, -0.2) is 92.8 Å². The van der Waals surface area contributed by atoms with Gasteiger partial charge in [0.05, 0.1) is 46.2 Å². The van der Waals surface area contributed by atoms with Crippen molar-refractivity contribution in [1.82, 2.24) is 25.3 Å². The molecule has 1 atom stereocenters. The number of nitrogens with one attached hydrogen (secondary N) is 3. The second-order valence-electron chi connectivity index (χ2n) is 9.43. The molecular formula is C24H32N8O7. The quantitative estimate of drug-likeness (QED) is 0.148. The zero-order chi connectivity index (χ0) is 29.2. The predicted molar refractivity (Wildman–Crippen MR) is 139 cm³/mol. The van der Waals surface area contributed by atoms with Crippen LogP contribution in [0.4, 0.5) is 11.6 Å². The van der Waals surface area contributed by atoms with Crippen molar-refractivity contribution >= 4 is 40.6 Å².